The van der Waals surface area contributed by atoms with Crippen molar-refractivity contribution in [1.82, 2.24) is 0 Å². The molecule has 0 unspecified atom stereocenters. The standard InChI is InChI=1S/C22H18O2/c1-16(17-8-4-2-5-9-17)21(18-10-6-3-7-11-18)22(24)19-12-14-20(23)15-13-19/h2-15,23H,1H3/b21-16+. The normalized spacial score (nSPS) is 11.7. The van der Waals surface area contributed by atoms with Crippen LogP contribution in [0.15, 0.2) is 84.9 Å². The molecule has 0 heterocycles. The van der Waals surface area contributed by atoms with E-state index in [-0.39, 0.29) is 11.5 Å². The minimum absolute atomic E-state index is 0.0532. The lowest BCUT2D eigenvalue weighted by Crippen LogP contribution is -2.05. The number of aromatic hydroxyl groups is 1. The summed E-state index contributed by atoms with van der Waals surface area (Å²) in [6, 6.07) is 25.9. The average Bonchev–Trinajstić information content (AvgIpc) is 2.64. The van der Waals surface area contributed by atoms with Gasteiger partial charge in [-0.1, -0.05) is 60.7 Å². The summed E-state index contributed by atoms with van der Waals surface area (Å²) in [6.45, 7) is 1.97. The van der Waals surface area contributed by atoms with Crippen molar-refractivity contribution in [3.63, 3.8) is 0 Å². The van der Waals surface area contributed by atoms with Gasteiger partial charge < -0.3 is 5.11 Å². The molecule has 1 N–H and O–H groups in total. The molecule has 0 aliphatic carbocycles. The molecule has 0 aliphatic rings. The van der Waals surface area contributed by atoms with Crippen molar-refractivity contribution in [3.05, 3.63) is 102 Å². The van der Waals surface area contributed by atoms with Gasteiger partial charge in [-0.15, -0.1) is 0 Å². The molecule has 0 aliphatic heterocycles. The molecule has 2 heteroatoms. The van der Waals surface area contributed by atoms with Crippen LogP contribution < -0.4 is 0 Å². The van der Waals surface area contributed by atoms with Crippen LogP contribution >= 0.6 is 0 Å². The number of Topliss-reactive ketones (excluding diaryl/α,β-unsaturated/α-hetero) is 1. The summed E-state index contributed by atoms with van der Waals surface area (Å²) in [4.78, 5) is 13.1. The van der Waals surface area contributed by atoms with E-state index >= 15 is 0 Å². The van der Waals surface area contributed by atoms with E-state index in [4.69, 9.17) is 0 Å². The van der Waals surface area contributed by atoms with Gasteiger partial charge in [0.15, 0.2) is 5.78 Å². The molecule has 3 aromatic rings. The number of rotatable bonds is 4. The zero-order valence-corrected chi connectivity index (χ0v) is 13.4. The Labute approximate surface area is 141 Å². The molecule has 0 atom stereocenters. The monoisotopic (exact) mass is 314 g/mol. The molecule has 0 saturated carbocycles. The Morgan fingerprint density at radius 3 is 1.71 bits per heavy atom. The number of allylic oxidation sites excluding steroid dienone is 2. The van der Waals surface area contributed by atoms with E-state index in [0.717, 1.165) is 16.7 Å². The first kappa shape index (κ1) is 15.8. The molecule has 24 heavy (non-hydrogen) atoms. The number of carbonyl (C=O) groups is 1. The Morgan fingerprint density at radius 2 is 1.17 bits per heavy atom. The predicted octanol–water partition coefficient (Wildman–Crippen LogP) is 5.21. The molecule has 0 radical (unpaired) electrons. The summed E-state index contributed by atoms with van der Waals surface area (Å²) in [5.74, 6) is 0.0964. The van der Waals surface area contributed by atoms with E-state index < -0.39 is 0 Å². The second-order valence-electron chi connectivity index (χ2n) is 5.61. The van der Waals surface area contributed by atoms with E-state index in [9.17, 15) is 9.90 Å². The largest absolute Gasteiger partial charge is 0.508 e. The van der Waals surface area contributed by atoms with E-state index in [0.29, 0.717) is 11.1 Å². The van der Waals surface area contributed by atoms with Crippen LogP contribution in [0.3, 0.4) is 0 Å². The van der Waals surface area contributed by atoms with Crippen molar-refractivity contribution in [2.24, 2.45) is 0 Å². The Kier molecular flexibility index (Phi) is 4.57. The topological polar surface area (TPSA) is 37.3 Å². The van der Waals surface area contributed by atoms with E-state index in [1.807, 2.05) is 67.6 Å². The van der Waals surface area contributed by atoms with Gasteiger partial charge >= 0.3 is 0 Å². The number of hydrogen-bond donors (Lipinski definition) is 1. The molecule has 3 rings (SSSR count). The van der Waals surface area contributed by atoms with Crippen molar-refractivity contribution in [1.29, 1.82) is 0 Å². The Morgan fingerprint density at radius 1 is 0.667 bits per heavy atom. The van der Waals surface area contributed by atoms with Crippen LogP contribution in [0.5, 0.6) is 5.75 Å². The minimum Gasteiger partial charge on any atom is -0.508 e. The fraction of sp³-hybridized carbons (Fsp3) is 0.0455. The molecule has 0 fully saturated rings. The lowest BCUT2D eigenvalue weighted by molar-refractivity contribution is 0.105. The Balaban J connectivity index is 2.16. The van der Waals surface area contributed by atoms with Gasteiger partial charge in [0.2, 0.25) is 0 Å². The maximum atomic E-state index is 13.1. The molecule has 3 aromatic carbocycles. The van der Waals surface area contributed by atoms with E-state index in [2.05, 4.69) is 0 Å². The summed E-state index contributed by atoms with van der Waals surface area (Å²) in [5, 5.41) is 9.46. The maximum Gasteiger partial charge on any atom is 0.193 e. The molecule has 118 valence electrons. The quantitative estimate of drug-likeness (QED) is 0.408. The summed E-state index contributed by atoms with van der Waals surface area (Å²) < 4.78 is 0. The van der Waals surface area contributed by atoms with Crippen molar-refractivity contribution < 1.29 is 9.90 Å². The molecule has 0 amide bonds. The van der Waals surface area contributed by atoms with Crippen LogP contribution in [-0.2, 0) is 0 Å². The van der Waals surface area contributed by atoms with Crippen LogP contribution in [0, 0.1) is 0 Å². The Hall–Kier alpha value is -3.13. The molecule has 0 bridgehead atoms. The van der Waals surface area contributed by atoms with Gasteiger partial charge in [-0.2, -0.15) is 0 Å². The number of carbonyl (C=O) groups excluding carboxylic acids is 1. The highest BCUT2D eigenvalue weighted by atomic mass is 16.3. The third-order valence-electron chi connectivity index (χ3n) is 4.00. The van der Waals surface area contributed by atoms with Gasteiger partial charge in [-0.05, 0) is 47.9 Å². The maximum absolute atomic E-state index is 13.1. The fourth-order valence-corrected chi connectivity index (χ4v) is 2.71. The first-order chi connectivity index (χ1) is 11.7. The highest BCUT2D eigenvalue weighted by molar-refractivity contribution is 6.34. The predicted molar refractivity (Wildman–Crippen MR) is 97.8 cm³/mol. The Bertz CT molecular complexity index is 861. The minimum atomic E-state index is -0.0532. The van der Waals surface area contributed by atoms with Crippen molar-refractivity contribution in [2.75, 3.05) is 0 Å². The van der Waals surface area contributed by atoms with Gasteiger partial charge in [0.25, 0.3) is 0 Å². The summed E-state index contributed by atoms with van der Waals surface area (Å²) in [6.07, 6.45) is 0. The molecular formula is C22H18O2. The summed E-state index contributed by atoms with van der Waals surface area (Å²) in [7, 11) is 0. The molecule has 0 aromatic heterocycles. The second kappa shape index (κ2) is 6.97. The zero-order chi connectivity index (χ0) is 16.9. The third-order valence-corrected chi connectivity index (χ3v) is 4.00. The highest BCUT2D eigenvalue weighted by Gasteiger charge is 2.18. The highest BCUT2D eigenvalue weighted by Crippen LogP contribution is 2.29. The number of benzene rings is 3. The SMILES string of the molecule is C/C(=C(\C(=O)c1ccc(O)cc1)c1ccccc1)c1ccccc1. The molecule has 2 nitrogen and oxygen atoms in total. The number of phenolic OH excluding ortho intramolecular Hbond substituents is 1. The zero-order valence-electron chi connectivity index (χ0n) is 13.4. The third kappa shape index (κ3) is 3.28. The second-order valence-corrected chi connectivity index (χ2v) is 5.61. The van der Waals surface area contributed by atoms with Crippen LogP contribution in [0.25, 0.3) is 11.1 Å². The van der Waals surface area contributed by atoms with Crippen LogP contribution in [0.1, 0.15) is 28.4 Å². The summed E-state index contributed by atoms with van der Waals surface area (Å²) >= 11 is 0. The smallest absolute Gasteiger partial charge is 0.193 e. The lowest BCUT2D eigenvalue weighted by atomic mass is 9.90. The van der Waals surface area contributed by atoms with Gasteiger partial charge in [0, 0.05) is 11.1 Å². The van der Waals surface area contributed by atoms with Crippen LogP contribution in [0.4, 0.5) is 0 Å². The van der Waals surface area contributed by atoms with Gasteiger partial charge in [0.05, 0.1) is 0 Å². The van der Waals surface area contributed by atoms with Crippen LogP contribution in [-0.4, -0.2) is 10.9 Å². The van der Waals surface area contributed by atoms with Gasteiger partial charge in [0.1, 0.15) is 5.75 Å². The van der Waals surface area contributed by atoms with Crippen LogP contribution in [0.2, 0.25) is 0 Å². The molecular weight excluding hydrogens is 296 g/mol. The number of phenols is 1. The lowest BCUT2D eigenvalue weighted by Gasteiger charge is -2.13. The van der Waals surface area contributed by atoms with Gasteiger partial charge in [-0.25, -0.2) is 0 Å². The van der Waals surface area contributed by atoms with E-state index in [1.165, 1.54) is 12.1 Å². The van der Waals surface area contributed by atoms with Crippen molar-refractivity contribution in [2.45, 2.75) is 6.92 Å². The van der Waals surface area contributed by atoms with Gasteiger partial charge in [-0.3, -0.25) is 4.79 Å². The van der Waals surface area contributed by atoms with E-state index in [1.54, 1.807) is 12.1 Å². The molecule has 0 spiro atoms. The summed E-state index contributed by atoms with van der Waals surface area (Å²) in [5.41, 5.74) is 4.06. The molecule has 0 saturated heterocycles. The first-order valence-corrected chi connectivity index (χ1v) is 7.82. The van der Waals surface area contributed by atoms with Crippen molar-refractivity contribution in [3.8, 4) is 5.75 Å². The number of hydrogen-bond acceptors (Lipinski definition) is 2. The first-order valence-electron chi connectivity index (χ1n) is 7.82. The average molecular weight is 314 g/mol. The van der Waals surface area contributed by atoms with Crippen molar-refractivity contribution >= 4 is 16.9 Å². The number of ketones is 1. The fourth-order valence-electron chi connectivity index (χ4n) is 2.71.